The molecule has 0 radical (unpaired) electrons. The van der Waals surface area contributed by atoms with Crippen LogP contribution in [-0.4, -0.2) is 10.5 Å². The average Bonchev–Trinajstić information content (AvgIpc) is 1.90. The molecule has 0 unspecified atom stereocenters. The monoisotopic (exact) mass is 110 g/mol. The van der Waals surface area contributed by atoms with Crippen LogP contribution in [0.5, 0.6) is 0 Å². The van der Waals surface area contributed by atoms with Gasteiger partial charge in [0.05, 0.1) is 0 Å². The lowest BCUT2D eigenvalue weighted by Crippen LogP contribution is -2.04. The zero-order valence-corrected chi connectivity index (χ0v) is 4.93. The van der Waals surface area contributed by atoms with Crippen molar-refractivity contribution in [1.29, 1.82) is 0 Å². The molecule has 0 spiro atoms. The van der Waals surface area contributed by atoms with Gasteiger partial charge in [-0.05, 0) is 12.8 Å². The zero-order valence-electron chi connectivity index (χ0n) is 4.93. The first-order chi connectivity index (χ1) is 3.93. The first-order valence-electron chi connectivity index (χ1n) is 3.13. The van der Waals surface area contributed by atoms with Gasteiger partial charge in [-0.2, -0.15) is 4.79 Å². The Balaban J connectivity index is 2.45. The molecule has 2 heteroatoms. The third kappa shape index (κ3) is 1.17. The Morgan fingerprint density at radius 2 is 1.75 bits per heavy atom. The molecular weight excluding hydrogens is 100 g/mol. The number of hydrogen-bond donors (Lipinski definition) is 0. The van der Waals surface area contributed by atoms with Crippen LogP contribution in [0.25, 0.3) is 5.53 Å². The molecule has 1 fully saturated rings. The molecule has 0 amide bonds. The van der Waals surface area contributed by atoms with Crippen molar-refractivity contribution < 1.29 is 4.79 Å². The number of nitrogens with zero attached hydrogens (tertiary/aromatic N) is 2. The van der Waals surface area contributed by atoms with Gasteiger partial charge in [-0.1, -0.05) is 6.42 Å². The molecule has 0 aromatic rings. The van der Waals surface area contributed by atoms with Crippen molar-refractivity contribution in [3.05, 3.63) is 5.53 Å². The Hall–Kier alpha value is -0.620. The normalized spacial score (nSPS) is 20.2. The summed E-state index contributed by atoms with van der Waals surface area (Å²) >= 11 is 0. The highest BCUT2D eigenvalue weighted by Crippen LogP contribution is 2.12. The first-order valence-corrected chi connectivity index (χ1v) is 3.13. The van der Waals surface area contributed by atoms with Crippen molar-refractivity contribution in [1.82, 2.24) is 0 Å². The summed E-state index contributed by atoms with van der Waals surface area (Å²) in [4.78, 5) is 3.16. The standard InChI is InChI=1S/C6H10N2/c7-8-6-4-2-1-3-5-6/h1-5H2. The van der Waals surface area contributed by atoms with E-state index >= 15 is 0 Å². The summed E-state index contributed by atoms with van der Waals surface area (Å²) in [5.41, 5.74) is 9.26. The third-order valence-corrected chi connectivity index (χ3v) is 1.57. The molecule has 1 rings (SSSR count). The van der Waals surface area contributed by atoms with Crippen molar-refractivity contribution in [2.75, 3.05) is 0 Å². The summed E-state index contributed by atoms with van der Waals surface area (Å²) < 4.78 is 0. The predicted octanol–water partition coefficient (Wildman–Crippen LogP) is 1.62. The van der Waals surface area contributed by atoms with Gasteiger partial charge >= 0.3 is 0 Å². The van der Waals surface area contributed by atoms with E-state index in [0.717, 1.165) is 18.6 Å². The molecule has 0 aliphatic heterocycles. The van der Waals surface area contributed by atoms with Gasteiger partial charge in [-0.3, -0.25) is 0 Å². The van der Waals surface area contributed by atoms with Crippen molar-refractivity contribution in [2.45, 2.75) is 32.1 Å². The molecule has 1 saturated carbocycles. The third-order valence-electron chi connectivity index (χ3n) is 1.57. The molecule has 0 bridgehead atoms. The van der Waals surface area contributed by atoms with Gasteiger partial charge < -0.3 is 5.53 Å². The van der Waals surface area contributed by atoms with Crippen LogP contribution in [0.3, 0.4) is 0 Å². The minimum absolute atomic E-state index is 0.983. The first kappa shape index (κ1) is 5.52. The van der Waals surface area contributed by atoms with E-state index in [4.69, 9.17) is 5.53 Å². The van der Waals surface area contributed by atoms with Crippen LogP contribution in [0, 0.1) is 0 Å². The molecule has 44 valence electrons. The van der Waals surface area contributed by atoms with Crippen molar-refractivity contribution >= 4 is 5.71 Å². The van der Waals surface area contributed by atoms with E-state index < -0.39 is 0 Å². The number of hydrogen-bond acceptors (Lipinski definition) is 0. The van der Waals surface area contributed by atoms with Gasteiger partial charge in [-0.25, -0.2) is 0 Å². The maximum atomic E-state index is 8.28. The Bertz CT molecular complexity index is 114. The van der Waals surface area contributed by atoms with Crippen LogP contribution in [-0.2, 0) is 0 Å². The molecule has 0 heterocycles. The van der Waals surface area contributed by atoms with Gasteiger partial charge in [0.15, 0.2) is 0 Å². The lowest BCUT2D eigenvalue weighted by Gasteiger charge is -2.02. The zero-order chi connectivity index (χ0) is 5.82. The molecule has 0 saturated heterocycles. The van der Waals surface area contributed by atoms with E-state index in [9.17, 15) is 0 Å². The van der Waals surface area contributed by atoms with E-state index in [1.54, 1.807) is 0 Å². The van der Waals surface area contributed by atoms with Crippen LogP contribution in [0.4, 0.5) is 0 Å². The highest BCUT2D eigenvalue weighted by atomic mass is 14.9. The highest BCUT2D eigenvalue weighted by molar-refractivity contribution is 5.79. The van der Waals surface area contributed by atoms with Crippen LogP contribution in [0.2, 0.25) is 0 Å². The maximum absolute atomic E-state index is 8.28. The Morgan fingerprint density at radius 3 is 2.12 bits per heavy atom. The largest absolute Gasteiger partial charge is 0.362 e. The van der Waals surface area contributed by atoms with Crippen LogP contribution >= 0.6 is 0 Å². The molecule has 1 aliphatic carbocycles. The molecule has 1 aliphatic rings. The molecule has 2 nitrogen and oxygen atoms in total. The minimum atomic E-state index is 0.983. The molecule has 0 atom stereocenters. The topological polar surface area (TPSA) is 36.4 Å². The summed E-state index contributed by atoms with van der Waals surface area (Å²) in [5, 5.41) is 0. The lowest BCUT2D eigenvalue weighted by molar-refractivity contribution is -0.0130. The molecule has 0 aromatic heterocycles. The van der Waals surface area contributed by atoms with Gasteiger partial charge in [0.1, 0.15) is 0 Å². The number of rotatable bonds is 0. The fourth-order valence-electron chi connectivity index (χ4n) is 1.06. The second-order valence-corrected chi connectivity index (χ2v) is 2.23. The second-order valence-electron chi connectivity index (χ2n) is 2.23. The fraction of sp³-hybridized carbons (Fsp3) is 0.833. The van der Waals surface area contributed by atoms with E-state index in [1.807, 2.05) is 0 Å². The summed E-state index contributed by atoms with van der Waals surface area (Å²) in [6.45, 7) is 0. The van der Waals surface area contributed by atoms with Crippen LogP contribution in [0.1, 0.15) is 32.1 Å². The van der Waals surface area contributed by atoms with E-state index in [-0.39, 0.29) is 0 Å². The van der Waals surface area contributed by atoms with Gasteiger partial charge in [0.2, 0.25) is 0 Å². The lowest BCUT2D eigenvalue weighted by atomic mass is 9.99. The van der Waals surface area contributed by atoms with Crippen molar-refractivity contribution in [2.24, 2.45) is 0 Å². The Morgan fingerprint density at radius 1 is 1.12 bits per heavy atom. The quantitative estimate of drug-likeness (QED) is 0.335. The predicted molar refractivity (Wildman–Crippen MR) is 31.7 cm³/mol. The maximum Gasteiger partial charge on any atom is 0.268 e. The van der Waals surface area contributed by atoms with Gasteiger partial charge in [0, 0.05) is 12.8 Å². The smallest absolute Gasteiger partial charge is 0.268 e. The molecule has 0 aromatic carbocycles. The van der Waals surface area contributed by atoms with E-state index in [0.29, 0.717) is 0 Å². The minimum Gasteiger partial charge on any atom is -0.362 e. The van der Waals surface area contributed by atoms with Crippen molar-refractivity contribution in [3.63, 3.8) is 0 Å². The van der Waals surface area contributed by atoms with Crippen LogP contribution in [0.15, 0.2) is 0 Å². The van der Waals surface area contributed by atoms with Gasteiger partial charge in [0.25, 0.3) is 5.71 Å². The Labute approximate surface area is 49.1 Å². The average molecular weight is 110 g/mol. The molecule has 0 N–H and O–H groups in total. The Kier molecular flexibility index (Phi) is 1.81. The summed E-state index contributed by atoms with van der Waals surface area (Å²) in [7, 11) is 0. The SMILES string of the molecule is [N-]=[N+]=C1CCCCC1. The van der Waals surface area contributed by atoms with E-state index in [1.165, 1.54) is 19.3 Å². The summed E-state index contributed by atoms with van der Waals surface area (Å²) in [5.74, 6) is 0. The summed E-state index contributed by atoms with van der Waals surface area (Å²) in [6, 6.07) is 0. The van der Waals surface area contributed by atoms with E-state index in [2.05, 4.69) is 4.79 Å². The van der Waals surface area contributed by atoms with Crippen molar-refractivity contribution in [3.8, 4) is 0 Å². The van der Waals surface area contributed by atoms with Gasteiger partial charge in [-0.15, -0.1) is 0 Å². The van der Waals surface area contributed by atoms with Crippen LogP contribution < -0.4 is 0 Å². The molecule has 8 heavy (non-hydrogen) atoms. The second kappa shape index (κ2) is 2.63. The fourth-order valence-corrected chi connectivity index (χ4v) is 1.06. The molecular formula is C6H10N2. The highest BCUT2D eigenvalue weighted by Gasteiger charge is 2.11. The summed E-state index contributed by atoms with van der Waals surface area (Å²) in [6.07, 6.45) is 5.74.